The first-order valence-electron chi connectivity index (χ1n) is 4.97. The lowest BCUT2D eigenvalue weighted by Gasteiger charge is -2.10. The zero-order valence-electron chi connectivity index (χ0n) is 8.77. The second kappa shape index (κ2) is 5.33. The molecule has 0 saturated heterocycles. The van der Waals surface area contributed by atoms with E-state index in [9.17, 15) is 9.50 Å². The first-order chi connectivity index (χ1) is 8.16. The number of hydrogen-bond acceptors (Lipinski definition) is 3. The van der Waals surface area contributed by atoms with E-state index >= 15 is 0 Å². The summed E-state index contributed by atoms with van der Waals surface area (Å²) in [6, 6.07) is 9.32. The van der Waals surface area contributed by atoms with Gasteiger partial charge in [-0.25, -0.2) is 4.39 Å². The van der Waals surface area contributed by atoms with Gasteiger partial charge in [-0.15, -0.1) is 0 Å². The minimum atomic E-state index is -0.930. The fourth-order valence-corrected chi connectivity index (χ4v) is 1.64. The van der Waals surface area contributed by atoms with Crippen molar-refractivity contribution < 1.29 is 18.7 Å². The van der Waals surface area contributed by atoms with Crippen LogP contribution in [0.2, 0.25) is 0 Å². The Morgan fingerprint density at radius 3 is 2.71 bits per heavy atom. The largest absolute Gasteiger partial charge is 0.487 e. The molecule has 5 heteroatoms. The Bertz CT molecular complexity index is 498. The predicted molar refractivity (Wildman–Crippen MR) is 63.3 cm³/mol. The van der Waals surface area contributed by atoms with E-state index in [1.165, 1.54) is 12.1 Å². The molecule has 17 heavy (non-hydrogen) atoms. The molecule has 2 aromatic rings. The van der Waals surface area contributed by atoms with Crippen LogP contribution in [0, 0.1) is 5.82 Å². The van der Waals surface area contributed by atoms with Gasteiger partial charge in [0.15, 0.2) is 16.2 Å². The topological polar surface area (TPSA) is 42.6 Å². The number of aliphatic hydroxyl groups is 1. The summed E-state index contributed by atoms with van der Waals surface area (Å²) in [4.78, 5) is 0. The van der Waals surface area contributed by atoms with Crippen LogP contribution in [0.15, 0.2) is 45.5 Å². The van der Waals surface area contributed by atoms with Gasteiger partial charge in [-0.3, -0.25) is 0 Å². The van der Waals surface area contributed by atoms with Gasteiger partial charge in [0.25, 0.3) is 0 Å². The van der Waals surface area contributed by atoms with E-state index in [1.807, 2.05) is 0 Å². The van der Waals surface area contributed by atoms with Gasteiger partial charge >= 0.3 is 0 Å². The van der Waals surface area contributed by atoms with E-state index in [-0.39, 0.29) is 12.4 Å². The summed E-state index contributed by atoms with van der Waals surface area (Å²) in [6.45, 7) is -0.0686. The zero-order chi connectivity index (χ0) is 12.3. The summed E-state index contributed by atoms with van der Waals surface area (Å²) < 4.78 is 24.1. The molecule has 2 rings (SSSR count). The maximum atomic E-state index is 13.2. The molecule has 1 N–H and O–H groups in total. The van der Waals surface area contributed by atoms with Crippen molar-refractivity contribution in [3.8, 4) is 5.75 Å². The van der Waals surface area contributed by atoms with E-state index in [0.717, 1.165) is 0 Å². The van der Waals surface area contributed by atoms with E-state index in [4.69, 9.17) is 9.15 Å². The predicted octanol–water partition coefficient (Wildman–Crippen LogP) is 3.29. The molecule has 0 bridgehead atoms. The molecule has 1 atom stereocenters. The van der Waals surface area contributed by atoms with Crippen molar-refractivity contribution in [2.45, 2.75) is 6.10 Å². The molecule has 0 aliphatic carbocycles. The van der Waals surface area contributed by atoms with Crippen LogP contribution in [0.1, 0.15) is 11.9 Å². The third-order valence-corrected chi connectivity index (χ3v) is 2.58. The van der Waals surface area contributed by atoms with Crippen LogP contribution in [-0.2, 0) is 0 Å². The van der Waals surface area contributed by atoms with Gasteiger partial charge < -0.3 is 14.3 Å². The van der Waals surface area contributed by atoms with Crippen molar-refractivity contribution in [1.82, 2.24) is 0 Å². The van der Waals surface area contributed by atoms with Crippen LogP contribution >= 0.6 is 15.9 Å². The van der Waals surface area contributed by atoms with Crippen LogP contribution in [0.5, 0.6) is 5.75 Å². The van der Waals surface area contributed by atoms with E-state index in [2.05, 4.69) is 15.9 Å². The van der Waals surface area contributed by atoms with Gasteiger partial charge in [0, 0.05) is 0 Å². The van der Waals surface area contributed by atoms with Crippen molar-refractivity contribution in [2.75, 3.05) is 6.61 Å². The van der Waals surface area contributed by atoms with Crippen LogP contribution in [0.3, 0.4) is 0 Å². The Labute approximate surface area is 106 Å². The van der Waals surface area contributed by atoms with Gasteiger partial charge in [-0.2, -0.15) is 0 Å². The number of benzene rings is 1. The lowest BCUT2D eigenvalue weighted by Crippen LogP contribution is -2.09. The maximum absolute atomic E-state index is 13.2. The average molecular weight is 301 g/mol. The highest BCUT2D eigenvalue weighted by Crippen LogP contribution is 2.22. The molecule has 0 amide bonds. The van der Waals surface area contributed by atoms with Crippen LogP contribution in [0.4, 0.5) is 4.39 Å². The number of hydrogen-bond donors (Lipinski definition) is 1. The standard InChI is InChI=1S/C12H10BrFO3/c13-12-6-5-11(17-12)9(15)7-16-10-4-2-1-3-8(10)14/h1-6,9,15H,7H2. The number of furan rings is 1. The van der Waals surface area contributed by atoms with Crippen LogP contribution in [-0.4, -0.2) is 11.7 Å². The molecule has 1 heterocycles. The summed E-state index contributed by atoms with van der Waals surface area (Å²) in [7, 11) is 0. The minimum absolute atomic E-state index is 0.0686. The Balaban J connectivity index is 1.97. The van der Waals surface area contributed by atoms with E-state index < -0.39 is 11.9 Å². The Hall–Kier alpha value is -1.33. The fourth-order valence-electron chi connectivity index (χ4n) is 1.32. The molecule has 0 aliphatic heterocycles. The van der Waals surface area contributed by atoms with Gasteiger partial charge in [0.05, 0.1) is 0 Å². The molecular formula is C12H10BrFO3. The first kappa shape index (κ1) is 12.1. The van der Waals surface area contributed by atoms with Crippen molar-refractivity contribution in [3.63, 3.8) is 0 Å². The molecule has 3 nitrogen and oxygen atoms in total. The van der Waals surface area contributed by atoms with Crippen LogP contribution in [0.25, 0.3) is 0 Å². The fraction of sp³-hybridized carbons (Fsp3) is 0.167. The number of ether oxygens (including phenoxy) is 1. The monoisotopic (exact) mass is 300 g/mol. The van der Waals surface area contributed by atoms with Crippen molar-refractivity contribution in [2.24, 2.45) is 0 Å². The Morgan fingerprint density at radius 2 is 2.06 bits per heavy atom. The summed E-state index contributed by atoms with van der Waals surface area (Å²) >= 11 is 3.13. The quantitative estimate of drug-likeness (QED) is 0.942. The first-order valence-corrected chi connectivity index (χ1v) is 5.77. The molecule has 90 valence electrons. The lowest BCUT2D eigenvalue weighted by atomic mass is 10.3. The van der Waals surface area contributed by atoms with E-state index in [1.54, 1.807) is 24.3 Å². The van der Waals surface area contributed by atoms with Gasteiger partial charge in [0.1, 0.15) is 18.5 Å². The number of rotatable bonds is 4. The number of halogens is 2. The summed E-state index contributed by atoms with van der Waals surface area (Å²) in [6.07, 6.45) is -0.930. The van der Waals surface area contributed by atoms with Crippen LogP contribution < -0.4 is 4.74 Å². The van der Waals surface area contributed by atoms with Gasteiger partial charge in [-0.05, 0) is 40.2 Å². The molecule has 1 aromatic heterocycles. The van der Waals surface area contributed by atoms with Gasteiger partial charge in [-0.1, -0.05) is 12.1 Å². The summed E-state index contributed by atoms with van der Waals surface area (Å²) in [5.41, 5.74) is 0. The molecule has 0 fully saturated rings. The number of aliphatic hydroxyl groups excluding tert-OH is 1. The molecule has 0 saturated carbocycles. The highest BCUT2D eigenvalue weighted by Gasteiger charge is 2.13. The van der Waals surface area contributed by atoms with Crippen molar-refractivity contribution in [1.29, 1.82) is 0 Å². The third-order valence-electron chi connectivity index (χ3n) is 2.16. The highest BCUT2D eigenvalue weighted by molar-refractivity contribution is 9.10. The highest BCUT2D eigenvalue weighted by atomic mass is 79.9. The minimum Gasteiger partial charge on any atom is -0.487 e. The smallest absolute Gasteiger partial charge is 0.169 e. The SMILES string of the molecule is OC(COc1ccccc1F)c1ccc(Br)o1. The molecule has 1 unspecified atom stereocenters. The van der Waals surface area contributed by atoms with Crippen molar-refractivity contribution in [3.05, 3.63) is 52.6 Å². The lowest BCUT2D eigenvalue weighted by molar-refractivity contribution is 0.0860. The molecule has 1 aromatic carbocycles. The molecule has 0 radical (unpaired) electrons. The zero-order valence-corrected chi connectivity index (χ0v) is 10.4. The second-order valence-electron chi connectivity index (χ2n) is 3.40. The third kappa shape index (κ3) is 3.08. The second-order valence-corrected chi connectivity index (χ2v) is 4.18. The Morgan fingerprint density at radius 1 is 1.29 bits per heavy atom. The summed E-state index contributed by atoms with van der Waals surface area (Å²) in [5.74, 6) is 0.0192. The normalized spacial score (nSPS) is 12.4. The molecule has 0 spiro atoms. The van der Waals surface area contributed by atoms with E-state index in [0.29, 0.717) is 10.4 Å². The summed E-state index contributed by atoms with van der Waals surface area (Å²) in [5, 5.41) is 9.72. The number of para-hydroxylation sites is 1. The van der Waals surface area contributed by atoms with Gasteiger partial charge in [0.2, 0.25) is 0 Å². The average Bonchev–Trinajstić information content (AvgIpc) is 2.74. The Kier molecular flexibility index (Phi) is 3.81. The molecular weight excluding hydrogens is 291 g/mol. The molecule has 0 aliphatic rings. The maximum Gasteiger partial charge on any atom is 0.169 e. The van der Waals surface area contributed by atoms with Crippen molar-refractivity contribution >= 4 is 15.9 Å².